The van der Waals surface area contributed by atoms with E-state index in [4.69, 9.17) is 17.0 Å². The van der Waals surface area contributed by atoms with E-state index in [0.717, 1.165) is 29.4 Å². The first-order chi connectivity index (χ1) is 8.61. The minimum absolute atomic E-state index is 0.179. The van der Waals surface area contributed by atoms with Crippen LogP contribution in [0.3, 0.4) is 0 Å². The van der Waals surface area contributed by atoms with E-state index >= 15 is 0 Å². The first-order valence-electron chi connectivity index (χ1n) is 6.25. The number of hydrogen-bond acceptors (Lipinski definition) is 2. The molecule has 4 heteroatoms. The van der Waals surface area contributed by atoms with Crippen LogP contribution < -0.4 is 10.1 Å². The summed E-state index contributed by atoms with van der Waals surface area (Å²) >= 11 is 5.37. The number of nitrogens with zero attached hydrogens (tertiary/aromatic N) is 1. The number of nitrogens with one attached hydrogen (secondary N) is 1. The van der Waals surface area contributed by atoms with Crippen LogP contribution in [-0.2, 0) is 0 Å². The lowest BCUT2D eigenvalue weighted by molar-refractivity contribution is 0.362. The largest absolute Gasteiger partial charge is 0.496 e. The highest BCUT2D eigenvalue weighted by Gasteiger charge is 2.17. The maximum atomic E-state index is 5.39. The summed E-state index contributed by atoms with van der Waals surface area (Å²) < 4.78 is 5.39. The fourth-order valence-electron chi connectivity index (χ4n) is 1.75. The van der Waals surface area contributed by atoms with Crippen LogP contribution in [-0.4, -0.2) is 30.7 Å². The van der Waals surface area contributed by atoms with Gasteiger partial charge in [-0.3, -0.25) is 0 Å². The van der Waals surface area contributed by atoms with Crippen LogP contribution in [0.25, 0.3) is 0 Å². The summed E-state index contributed by atoms with van der Waals surface area (Å²) in [6, 6.07) is 8.22. The Morgan fingerprint density at radius 1 is 1.44 bits per heavy atom. The standard InChI is InChI=1S/C14H22N2OS/c1-5-10-15-14(18)16(3)11(2)12-8-6-7-9-13(12)17-4/h6-9,11H,5,10H2,1-4H3,(H,15,18)/t11-/m1/s1. The van der Waals surface area contributed by atoms with E-state index in [-0.39, 0.29) is 6.04 Å². The van der Waals surface area contributed by atoms with Gasteiger partial charge in [-0.1, -0.05) is 25.1 Å². The molecule has 1 rings (SSSR count). The lowest BCUT2D eigenvalue weighted by Gasteiger charge is -2.29. The molecule has 1 atom stereocenters. The van der Waals surface area contributed by atoms with E-state index in [1.54, 1.807) is 7.11 Å². The molecular weight excluding hydrogens is 244 g/mol. The summed E-state index contributed by atoms with van der Waals surface area (Å²) in [7, 11) is 3.70. The van der Waals surface area contributed by atoms with Gasteiger partial charge in [0, 0.05) is 19.2 Å². The second-order valence-corrected chi connectivity index (χ2v) is 4.65. The van der Waals surface area contributed by atoms with Gasteiger partial charge in [0.15, 0.2) is 5.11 Å². The smallest absolute Gasteiger partial charge is 0.169 e. The van der Waals surface area contributed by atoms with Crippen molar-refractivity contribution in [3.05, 3.63) is 29.8 Å². The van der Waals surface area contributed by atoms with Crippen LogP contribution in [0.15, 0.2) is 24.3 Å². The molecule has 1 N–H and O–H groups in total. The number of para-hydroxylation sites is 1. The molecule has 1 aromatic carbocycles. The molecule has 0 aliphatic carbocycles. The number of hydrogen-bond donors (Lipinski definition) is 1. The molecule has 0 spiro atoms. The number of ether oxygens (including phenoxy) is 1. The van der Waals surface area contributed by atoms with Gasteiger partial charge in [0.2, 0.25) is 0 Å². The predicted octanol–water partition coefficient (Wildman–Crippen LogP) is 2.97. The van der Waals surface area contributed by atoms with Gasteiger partial charge in [-0.15, -0.1) is 0 Å². The average Bonchev–Trinajstić information content (AvgIpc) is 2.42. The van der Waals surface area contributed by atoms with Gasteiger partial charge in [-0.2, -0.15) is 0 Å². The van der Waals surface area contributed by atoms with Crippen LogP contribution >= 0.6 is 12.2 Å². The van der Waals surface area contributed by atoms with Gasteiger partial charge >= 0.3 is 0 Å². The summed E-state index contributed by atoms with van der Waals surface area (Å²) in [6.07, 6.45) is 1.07. The lowest BCUT2D eigenvalue weighted by atomic mass is 10.1. The van der Waals surface area contributed by atoms with E-state index in [1.165, 1.54) is 0 Å². The molecule has 0 amide bonds. The summed E-state index contributed by atoms with van der Waals surface area (Å²) in [5.74, 6) is 0.898. The minimum Gasteiger partial charge on any atom is -0.496 e. The van der Waals surface area contributed by atoms with Crippen LogP contribution in [0, 0.1) is 0 Å². The first-order valence-corrected chi connectivity index (χ1v) is 6.66. The Kier molecular flexibility index (Phi) is 5.92. The summed E-state index contributed by atoms with van der Waals surface area (Å²) in [6.45, 7) is 5.15. The van der Waals surface area contributed by atoms with E-state index in [9.17, 15) is 0 Å². The van der Waals surface area contributed by atoms with Crippen LogP contribution in [0.2, 0.25) is 0 Å². The van der Waals surface area contributed by atoms with Crippen molar-refractivity contribution in [2.75, 3.05) is 20.7 Å². The van der Waals surface area contributed by atoms with Crippen molar-refractivity contribution in [1.82, 2.24) is 10.2 Å². The zero-order valence-corrected chi connectivity index (χ0v) is 12.4. The fraction of sp³-hybridized carbons (Fsp3) is 0.500. The average molecular weight is 266 g/mol. The normalized spacial score (nSPS) is 11.8. The van der Waals surface area contributed by atoms with Crippen LogP contribution in [0.4, 0.5) is 0 Å². The molecule has 0 aromatic heterocycles. The molecule has 0 saturated heterocycles. The molecule has 0 bridgehead atoms. The van der Waals surface area contributed by atoms with Crippen LogP contribution in [0.1, 0.15) is 31.9 Å². The second kappa shape index (κ2) is 7.21. The molecule has 0 fully saturated rings. The highest BCUT2D eigenvalue weighted by molar-refractivity contribution is 7.80. The Morgan fingerprint density at radius 2 is 2.11 bits per heavy atom. The number of thiocarbonyl (C=S) groups is 1. The Balaban J connectivity index is 2.79. The third kappa shape index (κ3) is 3.60. The monoisotopic (exact) mass is 266 g/mol. The third-order valence-electron chi connectivity index (χ3n) is 3.02. The Morgan fingerprint density at radius 3 is 2.72 bits per heavy atom. The molecule has 1 aromatic rings. The van der Waals surface area contributed by atoms with Gasteiger partial charge in [-0.05, 0) is 31.6 Å². The molecule has 0 unspecified atom stereocenters. The van der Waals surface area contributed by atoms with Crippen molar-refractivity contribution in [3.63, 3.8) is 0 Å². The van der Waals surface area contributed by atoms with Crippen molar-refractivity contribution in [2.24, 2.45) is 0 Å². The number of methoxy groups -OCH3 is 1. The fourth-order valence-corrected chi connectivity index (χ4v) is 2.01. The predicted molar refractivity (Wildman–Crippen MR) is 80.1 cm³/mol. The zero-order valence-electron chi connectivity index (χ0n) is 11.6. The molecule has 0 heterocycles. The molecule has 100 valence electrons. The first kappa shape index (κ1) is 14.8. The topological polar surface area (TPSA) is 24.5 Å². The maximum Gasteiger partial charge on any atom is 0.169 e. The Labute approximate surface area is 115 Å². The van der Waals surface area contributed by atoms with E-state index in [0.29, 0.717) is 0 Å². The van der Waals surface area contributed by atoms with Crippen molar-refractivity contribution in [1.29, 1.82) is 0 Å². The molecular formula is C14H22N2OS. The van der Waals surface area contributed by atoms with Gasteiger partial charge in [0.25, 0.3) is 0 Å². The molecule has 0 saturated carbocycles. The highest BCUT2D eigenvalue weighted by Crippen LogP contribution is 2.27. The molecule has 3 nitrogen and oxygen atoms in total. The molecule has 0 radical (unpaired) electrons. The van der Waals surface area contributed by atoms with Gasteiger partial charge in [0.1, 0.15) is 5.75 Å². The summed E-state index contributed by atoms with van der Waals surface area (Å²) in [5, 5.41) is 4.01. The zero-order chi connectivity index (χ0) is 13.5. The maximum absolute atomic E-state index is 5.39. The van der Waals surface area contributed by atoms with Crippen molar-refractivity contribution in [2.45, 2.75) is 26.3 Å². The molecule has 18 heavy (non-hydrogen) atoms. The second-order valence-electron chi connectivity index (χ2n) is 4.26. The van der Waals surface area contributed by atoms with Crippen LogP contribution in [0.5, 0.6) is 5.75 Å². The quantitative estimate of drug-likeness (QED) is 0.828. The van der Waals surface area contributed by atoms with Crippen molar-refractivity contribution >= 4 is 17.3 Å². The summed E-state index contributed by atoms with van der Waals surface area (Å²) in [5.41, 5.74) is 1.14. The Bertz CT molecular complexity index is 395. The third-order valence-corrected chi connectivity index (χ3v) is 3.45. The lowest BCUT2D eigenvalue weighted by Crippen LogP contribution is -2.38. The summed E-state index contributed by atoms with van der Waals surface area (Å²) in [4.78, 5) is 2.06. The highest BCUT2D eigenvalue weighted by atomic mass is 32.1. The molecule has 0 aliphatic heterocycles. The number of rotatable bonds is 5. The van der Waals surface area contributed by atoms with E-state index in [1.807, 2.05) is 25.2 Å². The van der Waals surface area contributed by atoms with Crippen molar-refractivity contribution in [3.8, 4) is 5.75 Å². The van der Waals surface area contributed by atoms with E-state index < -0.39 is 0 Å². The SMILES string of the molecule is CCCNC(=S)N(C)[C@H](C)c1ccccc1OC. The van der Waals surface area contributed by atoms with Gasteiger partial charge in [-0.25, -0.2) is 0 Å². The molecule has 0 aliphatic rings. The van der Waals surface area contributed by atoms with Crippen molar-refractivity contribution < 1.29 is 4.74 Å². The minimum atomic E-state index is 0.179. The van der Waals surface area contributed by atoms with Gasteiger partial charge in [0.05, 0.1) is 13.2 Å². The Hall–Kier alpha value is -1.29. The van der Waals surface area contributed by atoms with Gasteiger partial charge < -0.3 is 15.0 Å². The van der Waals surface area contributed by atoms with E-state index in [2.05, 4.69) is 30.1 Å². The number of benzene rings is 1.